The third-order valence-electron chi connectivity index (χ3n) is 4.92. The van der Waals surface area contributed by atoms with Crippen molar-refractivity contribution in [2.45, 2.75) is 24.0 Å². The zero-order valence-electron chi connectivity index (χ0n) is 15.5. The second-order valence-corrected chi connectivity index (χ2v) is 9.76. The molecule has 0 aliphatic carbocycles. The molecule has 2 aromatic rings. The lowest BCUT2D eigenvalue weighted by molar-refractivity contribution is -0.128. The van der Waals surface area contributed by atoms with Gasteiger partial charge in [-0.3, -0.25) is 14.6 Å². The minimum absolute atomic E-state index is 0.00885. The van der Waals surface area contributed by atoms with Gasteiger partial charge in [0.15, 0.2) is 0 Å². The summed E-state index contributed by atoms with van der Waals surface area (Å²) in [4.78, 5) is 31.0. The molecule has 1 aromatic carbocycles. The summed E-state index contributed by atoms with van der Waals surface area (Å²) in [5.74, 6) is 1.97. The van der Waals surface area contributed by atoms with Crippen LogP contribution in [-0.4, -0.2) is 39.7 Å². The molecule has 1 atom stereocenters. The van der Waals surface area contributed by atoms with Crippen molar-refractivity contribution in [3.05, 3.63) is 59.9 Å². The van der Waals surface area contributed by atoms with Gasteiger partial charge in [0.2, 0.25) is 11.8 Å². The van der Waals surface area contributed by atoms with E-state index >= 15 is 0 Å². The molecule has 0 bridgehead atoms. The lowest BCUT2D eigenvalue weighted by Gasteiger charge is -2.22. The second-order valence-electron chi connectivity index (χ2n) is 7.04. The Labute approximate surface area is 173 Å². The van der Waals surface area contributed by atoms with Crippen molar-refractivity contribution < 1.29 is 9.59 Å². The van der Waals surface area contributed by atoms with Crippen LogP contribution in [0, 0.1) is 5.92 Å². The number of hydrogen-bond acceptors (Lipinski definition) is 5. The van der Waals surface area contributed by atoms with Crippen LogP contribution in [0.4, 0.5) is 5.69 Å². The number of hydrogen-bond donors (Lipinski definition) is 1. The van der Waals surface area contributed by atoms with Gasteiger partial charge in [-0.1, -0.05) is 18.2 Å². The van der Waals surface area contributed by atoms with E-state index in [-0.39, 0.29) is 24.2 Å². The van der Waals surface area contributed by atoms with E-state index in [1.54, 1.807) is 11.1 Å². The normalized spacial score (nSPS) is 20.4. The van der Waals surface area contributed by atoms with Crippen LogP contribution in [0.3, 0.4) is 0 Å². The number of amides is 2. The van der Waals surface area contributed by atoms with Crippen molar-refractivity contribution in [1.82, 2.24) is 9.88 Å². The highest BCUT2D eigenvalue weighted by Gasteiger charge is 2.34. The molecule has 0 saturated carbocycles. The molecule has 146 valence electrons. The van der Waals surface area contributed by atoms with Gasteiger partial charge >= 0.3 is 0 Å². The van der Waals surface area contributed by atoms with Gasteiger partial charge in [0.05, 0.1) is 22.7 Å². The van der Waals surface area contributed by atoms with Crippen molar-refractivity contribution in [3.63, 3.8) is 0 Å². The molecule has 5 nitrogen and oxygen atoms in total. The maximum Gasteiger partial charge on any atom is 0.229 e. The summed E-state index contributed by atoms with van der Waals surface area (Å²) in [5, 5.41) is 3.02. The standard InChI is InChI=1S/C21H23N3O2S2/c25-19-12-16(13-24(19)14-18-6-1-2-8-22-18)20(26)23-17-7-3-5-15(11-17)21-27-9-4-10-28-21/h1-3,5-8,11,16,21H,4,9-10,12-14H2,(H,23,26)/t16-/m1/s1. The van der Waals surface area contributed by atoms with Crippen LogP contribution in [0.25, 0.3) is 0 Å². The summed E-state index contributed by atoms with van der Waals surface area (Å²) in [6, 6.07) is 13.8. The Kier molecular flexibility index (Phi) is 6.22. The number of carbonyl (C=O) groups is 2. The van der Waals surface area contributed by atoms with Crippen molar-refractivity contribution in [1.29, 1.82) is 0 Å². The van der Waals surface area contributed by atoms with E-state index < -0.39 is 0 Å². The molecule has 1 aromatic heterocycles. The third kappa shape index (κ3) is 4.70. The molecule has 0 spiro atoms. The average Bonchev–Trinajstić information content (AvgIpc) is 3.10. The molecule has 2 amide bonds. The van der Waals surface area contributed by atoms with Crippen molar-refractivity contribution >= 4 is 41.0 Å². The molecule has 2 aliphatic heterocycles. The van der Waals surface area contributed by atoms with E-state index in [9.17, 15) is 9.59 Å². The molecule has 1 N–H and O–H groups in total. The maximum atomic E-state index is 12.7. The summed E-state index contributed by atoms with van der Waals surface area (Å²) in [6.07, 6.45) is 3.23. The third-order valence-corrected chi connectivity index (χ3v) is 7.93. The first-order valence-electron chi connectivity index (χ1n) is 9.51. The zero-order chi connectivity index (χ0) is 19.3. The number of likely N-dealkylation sites (tertiary alicyclic amines) is 1. The lowest BCUT2D eigenvalue weighted by atomic mass is 10.1. The fraction of sp³-hybridized carbons (Fsp3) is 0.381. The largest absolute Gasteiger partial charge is 0.336 e. The number of nitrogens with zero attached hydrogens (tertiary/aromatic N) is 2. The van der Waals surface area contributed by atoms with Gasteiger partial charge in [-0.05, 0) is 47.8 Å². The number of anilines is 1. The molecule has 0 radical (unpaired) electrons. The number of pyridine rings is 1. The van der Waals surface area contributed by atoms with E-state index in [0.717, 1.165) is 11.4 Å². The molecule has 3 heterocycles. The highest BCUT2D eigenvalue weighted by Crippen LogP contribution is 2.44. The van der Waals surface area contributed by atoms with Gasteiger partial charge in [0.25, 0.3) is 0 Å². The number of aromatic nitrogens is 1. The van der Waals surface area contributed by atoms with Gasteiger partial charge < -0.3 is 10.2 Å². The summed E-state index contributed by atoms with van der Waals surface area (Å²) in [7, 11) is 0. The minimum Gasteiger partial charge on any atom is -0.336 e. The smallest absolute Gasteiger partial charge is 0.229 e. The first-order chi connectivity index (χ1) is 13.7. The SMILES string of the molecule is O=C(Nc1cccc(C2SCCCS2)c1)[C@@H]1CC(=O)N(Cc2ccccn2)C1. The molecule has 7 heteroatoms. The van der Waals surface area contributed by atoms with Gasteiger partial charge in [-0.15, -0.1) is 23.5 Å². The minimum atomic E-state index is -0.321. The van der Waals surface area contributed by atoms with Gasteiger partial charge in [0.1, 0.15) is 0 Å². The van der Waals surface area contributed by atoms with E-state index in [1.807, 2.05) is 53.9 Å². The molecule has 2 aliphatic rings. The van der Waals surface area contributed by atoms with Gasteiger partial charge in [0, 0.05) is 24.8 Å². The number of thioether (sulfide) groups is 2. The van der Waals surface area contributed by atoms with Crippen LogP contribution >= 0.6 is 23.5 Å². The Morgan fingerprint density at radius 2 is 2.04 bits per heavy atom. The van der Waals surface area contributed by atoms with Crippen molar-refractivity contribution in [3.8, 4) is 0 Å². The van der Waals surface area contributed by atoms with Crippen molar-refractivity contribution in [2.75, 3.05) is 23.4 Å². The monoisotopic (exact) mass is 413 g/mol. The zero-order valence-corrected chi connectivity index (χ0v) is 17.2. The van der Waals surface area contributed by atoms with Gasteiger partial charge in [-0.25, -0.2) is 0 Å². The molecular formula is C21H23N3O2S2. The van der Waals surface area contributed by atoms with E-state index in [1.165, 1.54) is 23.5 Å². The summed E-state index contributed by atoms with van der Waals surface area (Å²) < 4.78 is 0.438. The number of nitrogens with one attached hydrogen (secondary N) is 1. The lowest BCUT2D eigenvalue weighted by Crippen LogP contribution is -2.28. The average molecular weight is 414 g/mol. The van der Waals surface area contributed by atoms with Crippen LogP contribution in [0.2, 0.25) is 0 Å². The predicted molar refractivity (Wildman–Crippen MR) is 115 cm³/mol. The number of benzene rings is 1. The quantitative estimate of drug-likeness (QED) is 0.805. The Balaban J connectivity index is 1.37. The van der Waals surface area contributed by atoms with E-state index in [0.29, 0.717) is 17.7 Å². The Morgan fingerprint density at radius 1 is 1.18 bits per heavy atom. The predicted octanol–water partition coefficient (Wildman–Crippen LogP) is 3.94. The molecule has 2 fully saturated rings. The fourth-order valence-corrected chi connectivity index (χ4v) is 6.35. The van der Waals surface area contributed by atoms with Crippen LogP contribution in [0.1, 0.15) is 28.7 Å². The molecule has 0 unspecified atom stereocenters. The molecule has 2 saturated heterocycles. The Hall–Kier alpha value is -1.99. The van der Waals surface area contributed by atoms with Crippen LogP contribution in [0.5, 0.6) is 0 Å². The van der Waals surface area contributed by atoms with Gasteiger partial charge in [-0.2, -0.15) is 0 Å². The number of rotatable bonds is 5. The fourth-order valence-electron chi connectivity index (χ4n) is 3.48. The second kappa shape index (κ2) is 9.01. The molecule has 4 rings (SSSR count). The highest BCUT2D eigenvalue weighted by molar-refractivity contribution is 8.16. The van der Waals surface area contributed by atoms with Crippen molar-refractivity contribution in [2.24, 2.45) is 5.92 Å². The van der Waals surface area contributed by atoms with E-state index in [2.05, 4.69) is 22.4 Å². The highest BCUT2D eigenvalue weighted by atomic mass is 32.2. The Bertz CT molecular complexity index is 841. The van der Waals surface area contributed by atoms with Crippen LogP contribution < -0.4 is 5.32 Å². The molecule has 28 heavy (non-hydrogen) atoms. The first kappa shape index (κ1) is 19.3. The van der Waals surface area contributed by atoms with Crippen LogP contribution in [0.15, 0.2) is 48.7 Å². The maximum absolute atomic E-state index is 12.7. The summed E-state index contributed by atoms with van der Waals surface area (Å²) in [5.41, 5.74) is 2.89. The first-order valence-corrected chi connectivity index (χ1v) is 11.6. The Morgan fingerprint density at radius 3 is 2.82 bits per heavy atom. The van der Waals surface area contributed by atoms with E-state index in [4.69, 9.17) is 0 Å². The van der Waals surface area contributed by atoms with Crippen LogP contribution in [-0.2, 0) is 16.1 Å². The topological polar surface area (TPSA) is 62.3 Å². The summed E-state index contributed by atoms with van der Waals surface area (Å²) >= 11 is 3.93. The number of carbonyl (C=O) groups excluding carboxylic acids is 2. The molecular weight excluding hydrogens is 390 g/mol. The summed E-state index contributed by atoms with van der Waals surface area (Å²) in [6.45, 7) is 0.893.